The number of hydrogen-bond acceptors (Lipinski definition) is 3. The largest absolute Gasteiger partial charge is 0.480 e. The fourth-order valence-electron chi connectivity index (χ4n) is 1.08. The molecular formula is C10H11BrN2O4. The predicted octanol–water partition coefficient (Wildman–Crippen LogP) is 1.02. The van der Waals surface area contributed by atoms with Gasteiger partial charge in [0.25, 0.3) is 0 Å². The van der Waals surface area contributed by atoms with Gasteiger partial charge in [-0.2, -0.15) is 0 Å². The number of aliphatic hydroxyl groups is 1. The van der Waals surface area contributed by atoms with Gasteiger partial charge in [0, 0.05) is 10.2 Å². The molecule has 0 radical (unpaired) electrons. The summed E-state index contributed by atoms with van der Waals surface area (Å²) < 4.78 is 0.784. The first kappa shape index (κ1) is 13.5. The van der Waals surface area contributed by atoms with E-state index in [1.807, 2.05) is 0 Å². The fourth-order valence-corrected chi connectivity index (χ4v) is 1.48. The van der Waals surface area contributed by atoms with Crippen LogP contribution in [0.1, 0.15) is 0 Å². The second-order valence-corrected chi connectivity index (χ2v) is 4.10. The Kier molecular flexibility index (Phi) is 4.92. The van der Waals surface area contributed by atoms with E-state index in [4.69, 9.17) is 10.2 Å². The van der Waals surface area contributed by atoms with Crippen LogP contribution in [-0.2, 0) is 4.79 Å². The topological polar surface area (TPSA) is 98.7 Å². The maximum atomic E-state index is 11.4. The number of rotatable bonds is 4. The summed E-state index contributed by atoms with van der Waals surface area (Å²) in [4.78, 5) is 21.9. The van der Waals surface area contributed by atoms with Crippen LogP contribution in [0.4, 0.5) is 10.5 Å². The van der Waals surface area contributed by atoms with Gasteiger partial charge in [-0.3, -0.25) is 0 Å². The van der Waals surface area contributed by atoms with E-state index in [1.165, 1.54) is 0 Å². The molecule has 92 valence electrons. The molecule has 0 saturated carbocycles. The molecule has 1 rings (SSSR count). The first-order valence-electron chi connectivity index (χ1n) is 4.69. The third kappa shape index (κ3) is 4.41. The van der Waals surface area contributed by atoms with Crippen molar-refractivity contribution in [3.05, 3.63) is 28.7 Å². The summed E-state index contributed by atoms with van der Waals surface area (Å²) in [5.74, 6) is -1.29. The Morgan fingerprint density at radius 3 is 2.65 bits per heavy atom. The lowest BCUT2D eigenvalue weighted by molar-refractivity contribution is -0.140. The number of amides is 2. The molecule has 1 aromatic rings. The number of aliphatic hydroxyl groups excluding tert-OH is 1. The molecule has 0 fully saturated rings. The van der Waals surface area contributed by atoms with E-state index in [9.17, 15) is 9.59 Å². The maximum absolute atomic E-state index is 11.4. The quantitative estimate of drug-likeness (QED) is 0.667. The molecule has 2 amide bonds. The van der Waals surface area contributed by atoms with Gasteiger partial charge in [-0.1, -0.05) is 22.0 Å². The van der Waals surface area contributed by atoms with Crippen LogP contribution in [0.5, 0.6) is 0 Å². The van der Waals surface area contributed by atoms with Gasteiger partial charge in [0.2, 0.25) is 0 Å². The number of benzene rings is 1. The highest BCUT2D eigenvalue weighted by atomic mass is 79.9. The van der Waals surface area contributed by atoms with Crippen LogP contribution in [0.3, 0.4) is 0 Å². The van der Waals surface area contributed by atoms with Crippen molar-refractivity contribution < 1.29 is 19.8 Å². The molecule has 1 atom stereocenters. The molecule has 0 bridgehead atoms. The van der Waals surface area contributed by atoms with Gasteiger partial charge in [-0.15, -0.1) is 0 Å². The minimum atomic E-state index is -1.32. The van der Waals surface area contributed by atoms with Crippen LogP contribution in [0.25, 0.3) is 0 Å². The van der Waals surface area contributed by atoms with E-state index < -0.39 is 24.6 Å². The molecule has 1 aromatic carbocycles. The standard InChI is InChI=1S/C10H11BrN2O4/c11-6-2-1-3-7(4-6)12-10(17)13-8(5-14)9(15)16/h1-4,8,14H,5H2,(H,15,16)(H2,12,13,17)/t8-/m0/s1. The first-order chi connectivity index (χ1) is 8.02. The third-order valence-electron chi connectivity index (χ3n) is 1.87. The molecule has 0 heterocycles. The minimum absolute atomic E-state index is 0.513. The number of nitrogens with one attached hydrogen (secondary N) is 2. The lowest BCUT2D eigenvalue weighted by Gasteiger charge is -2.12. The third-order valence-corrected chi connectivity index (χ3v) is 2.36. The van der Waals surface area contributed by atoms with Crippen LogP contribution >= 0.6 is 15.9 Å². The Balaban J connectivity index is 2.58. The lowest BCUT2D eigenvalue weighted by atomic mass is 10.3. The van der Waals surface area contributed by atoms with Crippen LogP contribution in [-0.4, -0.2) is 34.9 Å². The highest BCUT2D eigenvalue weighted by Crippen LogP contribution is 2.15. The summed E-state index contributed by atoms with van der Waals surface area (Å²) in [6.07, 6.45) is 0. The van der Waals surface area contributed by atoms with E-state index in [2.05, 4.69) is 26.6 Å². The van der Waals surface area contributed by atoms with Crippen molar-refractivity contribution in [2.24, 2.45) is 0 Å². The van der Waals surface area contributed by atoms with Gasteiger partial charge in [0.15, 0.2) is 6.04 Å². The molecule has 4 N–H and O–H groups in total. The van der Waals surface area contributed by atoms with Gasteiger partial charge in [-0.25, -0.2) is 9.59 Å². The number of carbonyl (C=O) groups excluding carboxylic acids is 1. The van der Waals surface area contributed by atoms with Gasteiger partial charge in [0.1, 0.15) is 0 Å². The fraction of sp³-hybridized carbons (Fsp3) is 0.200. The van der Waals surface area contributed by atoms with Crippen LogP contribution in [0.15, 0.2) is 28.7 Å². The van der Waals surface area contributed by atoms with Crippen molar-refractivity contribution >= 4 is 33.6 Å². The summed E-state index contributed by atoms with van der Waals surface area (Å²) in [5, 5.41) is 21.9. The average molecular weight is 303 g/mol. The number of carboxylic acids is 1. The number of halogens is 1. The van der Waals surface area contributed by atoms with Crippen molar-refractivity contribution in [1.29, 1.82) is 0 Å². The number of carbonyl (C=O) groups is 2. The second kappa shape index (κ2) is 6.21. The molecule has 0 aliphatic carbocycles. The van der Waals surface area contributed by atoms with E-state index in [1.54, 1.807) is 24.3 Å². The summed E-state index contributed by atoms with van der Waals surface area (Å²) in [6.45, 7) is -0.665. The van der Waals surface area contributed by atoms with Crippen LogP contribution in [0, 0.1) is 0 Å². The van der Waals surface area contributed by atoms with E-state index in [0.29, 0.717) is 5.69 Å². The zero-order valence-electron chi connectivity index (χ0n) is 8.68. The van der Waals surface area contributed by atoms with Crippen LogP contribution < -0.4 is 10.6 Å². The Labute approximate surface area is 106 Å². The molecule has 0 spiro atoms. The zero-order chi connectivity index (χ0) is 12.8. The number of aliphatic carboxylic acids is 1. The molecule has 0 aromatic heterocycles. The highest BCUT2D eigenvalue weighted by molar-refractivity contribution is 9.10. The summed E-state index contributed by atoms with van der Waals surface area (Å²) in [6, 6.07) is 4.82. The molecule has 0 aliphatic rings. The van der Waals surface area contributed by atoms with Gasteiger partial charge >= 0.3 is 12.0 Å². The van der Waals surface area contributed by atoms with Gasteiger partial charge in [-0.05, 0) is 18.2 Å². The Hall–Kier alpha value is -1.60. The SMILES string of the molecule is O=C(Nc1cccc(Br)c1)N[C@@H](CO)C(=O)O. The van der Waals surface area contributed by atoms with E-state index in [0.717, 1.165) is 4.47 Å². The molecule has 0 saturated heterocycles. The van der Waals surface area contributed by atoms with Gasteiger partial charge < -0.3 is 20.8 Å². The summed E-state index contributed by atoms with van der Waals surface area (Å²) in [7, 11) is 0. The second-order valence-electron chi connectivity index (χ2n) is 3.18. The van der Waals surface area contributed by atoms with Gasteiger partial charge in [0.05, 0.1) is 6.61 Å². The monoisotopic (exact) mass is 302 g/mol. The predicted molar refractivity (Wildman–Crippen MR) is 64.8 cm³/mol. The van der Waals surface area contributed by atoms with Crippen molar-refractivity contribution in [3.63, 3.8) is 0 Å². The molecule has 6 nitrogen and oxygen atoms in total. The maximum Gasteiger partial charge on any atom is 0.328 e. The number of hydrogen-bond donors (Lipinski definition) is 4. The molecular weight excluding hydrogens is 292 g/mol. The molecule has 17 heavy (non-hydrogen) atoms. The Morgan fingerprint density at radius 2 is 2.12 bits per heavy atom. The average Bonchev–Trinajstić information content (AvgIpc) is 2.25. The summed E-state index contributed by atoms with van der Waals surface area (Å²) >= 11 is 3.23. The van der Waals surface area contributed by atoms with Crippen LogP contribution in [0.2, 0.25) is 0 Å². The highest BCUT2D eigenvalue weighted by Gasteiger charge is 2.18. The van der Waals surface area contributed by atoms with Crippen molar-refractivity contribution in [1.82, 2.24) is 5.32 Å². The number of carboxylic acid groups (broad SMARTS) is 1. The van der Waals surface area contributed by atoms with Crippen molar-refractivity contribution in [3.8, 4) is 0 Å². The normalized spacial score (nSPS) is 11.6. The Morgan fingerprint density at radius 1 is 1.41 bits per heavy atom. The zero-order valence-corrected chi connectivity index (χ0v) is 10.3. The van der Waals surface area contributed by atoms with E-state index in [-0.39, 0.29) is 0 Å². The lowest BCUT2D eigenvalue weighted by Crippen LogP contribution is -2.45. The minimum Gasteiger partial charge on any atom is -0.480 e. The number of anilines is 1. The van der Waals surface area contributed by atoms with Crippen molar-refractivity contribution in [2.75, 3.05) is 11.9 Å². The van der Waals surface area contributed by atoms with E-state index >= 15 is 0 Å². The number of urea groups is 1. The Bertz CT molecular complexity index is 425. The molecule has 7 heteroatoms. The van der Waals surface area contributed by atoms with Crippen molar-refractivity contribution in [2.45, 2.75) is 6.04 Å². The first-order valence-corrected chi connectivity index (χ1v) is 5.49. The summed E-state index contributed by atoms with van der Waals surface area (Å²) in [5.41, 5.74) is 0.513. The molecule has 0 aliphatic heterocycles. The molecule has 0 unspecified atom stereocenters. The smallest absolute Gasteiger partial charge is 0.328 e.